The molecule has 2 N–H and O–H groups in total. The predicted molar refractivity (Wildman–Crippen MR) is 95.1 cm³/mol. The number of benzene rings is 2. The quantitative estimate of drug-likeness (QED) is 0.611. The maximum atomic E-state index is 10.8. The summed E-state index contributed by atoms with van der Waals surface area (Å²) in [6.45, 7) is 1.81. The van der Waals surface area contributed by atoms with E-state index in [9.17, 15) is 5.11 Å². The van der Waals surface area contributed by atoms with E-state index in [-0.39, 0.29) is 0 Å². The molecule has 3 aromatic rings. The number of halogens is 2. The second-order valence-electron chi connectivity index (χ2n) is 5.43. The van der Waals surface area contributed by atoms with Crippen molar-refractivity contribution in [3.63, 3.8) is 0 Å². The Morgan fingerprint density at radius 3 is 2.45 bits per heavy atom. The molecule has 3 rings (SSSR count). The minimum atomic E-state index is -0.963. The van der Waals surface area contributed by atoms with Crippen LogP contribution in [0.3, 0.4) is 0 Å². The van der Waals surface area contributed by atoms with Crippen molar-refractivity contribution in [1.29, 1.82) is 0 Å². The summed E-state index contributed by atoms with van der Waals surface area (Å²) in [5, 5.41) is 13.2. The number of aromatic nitrogens is 1. The van der Waals surface area contributed by atoms with Gasteiger partial charge < -0.3 is 10.1 Å². The first-order valence-electron chi connectivity index (χ1n) is 6.83. The van der Waals surface area contributed by atoms with Crippen molar-refractivity contribution >= 4 is 45.9 Å². The van der Waals surface area contributed by atoms with Gasteiger partial charge in [-0.2, -0.15) is 0 Å². The molecule has 0 saturated carbocycles. The van der Waals surface area contributed by atoms with E-state index in [4.69, 9.17) is 23.2 Å². The number of rotatable bonds is 4. The normalized spacial score (nSPS) is 14.2. The fraction of sp³-hybridized carbons (Fsp3) is 0.176. The van der Waals surface area contributed by atoms with Crippen LogP contribution in [0, 0.1) is 0 Å². The van der Waals surface area contributed by atoms with Crippen molar-refractivity contribution in [2.24, 2.45) is 0 Å². The van der Waals surface area contributed by atoms with Gasteiger partial charge in [0.2, 0.25) is 0 Å². The number of nitrogens with one attached hydrogen (secondary N) is 1. The van der Waals surface area contributed by atoms with Crippen molar-refractivity contribution in [2.75, 3.05) is 5.75 Å². The topological polar surface area (TPSA) is 36.0 Å². The van der Waals surface area contributed by atoms with Crippen molar-refractivity contribution in [2.45, 2.75) is 17.4 Å². The van der Waals surface area contributed by atoms with Gasteiger partial charge in [-0.3, -0.25) is 0 Å². The molecule has 1 aromatic heterocycles. The largest absolute Gasteiger partial charge is 0.383 e. The molecule has 22 heavy (non-hydrogen) atoms. The zero-order valence-electron chi connectivity index (χ0n) is 11.9. The van der Waals surface area contributed by atoms with E-state index in [2.05, 4.69) is 4.98 Å². The standard InChI is InChI=1S/C17H15Cl2NOS/c1-17(21,10-22-14-5-2-12(18)3-6-14)16-9-11-8-13(19)4-7-15(11)20-16/h2-9,20-21H,10H2,1H3. The summed E-state index contributed by atoms with van der Waals surface area (Å²) in [6.07, 6.45) is 0. The van der Waals surface area contributed by atoms with Crippen LogP contribution in [0.4, 0.5) is 0 Å². The fourth-order valence-electron chi connectivity index (χ4n) is 2.23. The van der Waals surface area contributed by atoms with Gasteiger partial charge in [0.25, 0.3) is 0 Å². The Bertz CT molecular complexity index is 796. The van der Waals surface area contributed by atoms with E-state index in [1.807, 2.05) is 55.5 Å². The number of H-pyrrole nitrogens is 1. The van der Waals surface area contributed by atoms with Crippen LogP contribution in [0.25, 0.3) is 10.9 Å². The molecule has 1 atom stereocenters. The highest BCUT2D eigenvalue weighted by Gasteiger charge is 2.25. The molecule has 2 nitrogen and oxygen atoms in total. The van der Waals surface area contributed by atoms with E-state index in [1.165, 1.54) is 0 Å². The molecule has 0 radical (unpaired) electrons. The Morgan fingerprint density at radius 2 is 1.73 bits per heavy atom. The highest BCUT2D eigenvalue weighted by Crippen LogP contribution is 2.32. The van der Waals surface area contributed by atoms with Crippen LogP contribution in [0.15, 0.2) is 53.4 Å². The minimum Gasteiger partial charge on any atom is -0.383 e. The number of fused-ring (bicyclic) bond motifs is 1. The SMILES string of the molecule is CC(O)(CSc1ccc(Cl)cc1)c1cc2cc(Cl)ccc2[nH]1. The average molecular weight is 352 g/mol. The molecule has 0 bridgehead atoms. The predicted octanol–water partition coefficient (Wildman–Crippen LogP) is 5.47. The molecule has 0 aliphatic rings. The van der Waals surface area contributed by atoms with Crippen molar-refractivity contribution in [1.82, 2.24) is 4.98 Å². The molecule has 0 aliphatic carbocycles. The maximum Gasteiger partial charge on any atom is 0.111 e. The fourth-order valence-corrected chi connectivity index (χ4v) is 3.46. The minimum absolute atomic E-state index is 0.537. The van der Waals surface area contributed by atoms with Gasteiger partial charge in [-0.25, -0.2) is 0 Å². The smallest absolute Gasteiger partial charge is 0.111 e. The van der Waals surface area contributed by atoms with Crippen LogP contribution in [-0.4, -0.2) is 15.8 Å². The molecule has 2 aromatic carbocycles. The summed E-state index contributed by atoms with van der Waals surface area (Å²) in [5.74, 6) is 0.537. The van der Waals surface area contributed by atoms with Gasteiger partial charge in [-0.15, -0.1) is 11.8 Å². The van der Waals surface area contributed by atoms with Gasteiger partial charge in [0.1, 0.15) is 5.60 Å². The monoisotopic (exact) mass is 351 g/mol. The van der Waals surface area contributed by atoms with Gasteiger partial charge >= 0.3 is 0 Å². The van der Waals surface area contributed by atoms with Crippen molar-refractivity contribution in [3.05, 3.63) is 64.3 Å². The third kappa shape index (κ3) is 3.44. The molecule has 5 heteroatoms. The van der Waals surface area contributed by atoms with Crippen molar-refractivity contribution < 1.29 is 5.11 Å². The number of hydrogen-bond donors (Lipinski definition) is 2. The zero-order valence-corrected chi connectivity index (χ0v) is 14.3. The Morgan fingerprint density at radius 1 is 1.05 bits per heavy atom. The Hall–Kier alpha value is -1.13. The first kappa shape index (κ1) is 15.8. The average Bonchev–Trinajstić information content (AvgIpc) is 2.90. The summed E-state index contributed by atoms with van der Waals surface area (Å²) >= 11 is 13.5. The highest BCUT2D eigenvalue weighted by molar-refractivity contribution is 7.99. The number of aliphatic hydroxyl groups is 1. The molecular weight excluding hydrogens is 337 g/mol. The molecule has 1 heterocycles. The molecule has 0 amide bonds. The van der Waals surface area contributed by atoms with Gasteiger partial charge in [0.15, 0.2) is 0 Å². The second-order valence-corrected chi connectivity index (χ2v) is 7.35. The van der Waals surface area contributed by atoms with Gasteiger partial charge in [-0.1, -0.05) is 23.2 Å². The van der Waals surface area contributed by atoms with Crippen LogP contribution in [-0.2, 0) is 5.60 Å². The number of thioether (sulfide) groups is 1. The third-order valence-corrected chi connectivity index (χ3v) is 5.30. The zero-order chi connectivity index (χ0) is 15.7. The molecule has 0 fully saturated rings. The molecule has 0 spiro atoms. The Kier molecular flexibility index (Phi) is 4.42. The van der Waals surface area contributed by atoms with E-state index >= 15 is 0 Å². The van der Waals surface area contributed by atoms with Gasteiger partial charge in [0.05, 0.1) is 0 Å². The lowest BCUT2D eigenvalue weighted by Gasteiger charge is -2.21. The lowest BCUT2D eigenvalue weighted by atomic mass is 10.1. The lowest BCUT2D eigenvalue weighted by molar-refractivity contribution is 0.0800. The highest BCUT2D eigenvalue weighted by atomic mass is 35.5. The van der Waals surface area contributed by atoms with Crippen LogP contribution < -0.4 is 0 Å². The molecule has 0 saturated heterocycles. The van der Waals surface area contributed by atoms with Crippen LogP contribution >= 0.6 is 35.0 Å². The maximum absolute atomic E-state index is 10.8. The van der Waals surface area contributed by atoms with Crippen LogP contribution in [0.5, 0.6) is 0 Å². The van der Waals surface area contributed by atoms with Gasteiger partial charge in [0, 0.05) is 37.3 Å². The van der Waals surface area contributed by atoms with Crippen LogP contribution in [0.2, 0.25) is 10.0 Å². The molecule has 1 unspecified atom stereocenters. The molecular formula is C17H15Cl2NOS. The summed E-state index contributed by atoms with van der Waals surface area (Å²) in [4.78, 5) is 4.34. The lowest BCUT2D eigenvalue weighted by Crippen LogP contribution is -2.24. The van der Waals surface area contributed by atoms with E-state index in [0.717, 1.165) is 21.5 Å². The summed E-state index contributed by atoms with van der Waals surface area (Å²) in [7, 11) is 0. The van der Waals surface area contributed by atoms with E-state index in [0.29, 0.717) is 15.8 Å². The first-order chi connectivity index (χ1) is 10.4. The van der Waals surface area contributed by atoms with Crippen LogP contribution in [0.1, 0.15) is 12.6 Å². The summed E-state index contributed by atoms with van der Waals surface area (Å²) in [5.41, 5.74) is 0.790. The number of aromatic amines is 1. The Labute approximate surface area is 143 Å². The van der Waals surface area contributed by atoms with E-state index in [1.54, 1.807) is 11.8 Å². The third-order valence-electron chi connectivity index (χ3n) is 3.50. The van der Waals surface area contributed by atoms with E-state index < -0.39 is 5.60 Å². The molecule has 0 aliphatic heterocycles. The van der Waals surface area contributed by atoms with Crippen molar-refractivity contribution in [3.8, 4) is 0 Å². The first-order valence-corrected chi connectivity index (χ1v) is 8.58. The Balaban J connectivity index is 1.79. The number of hydrogen-bond acceptors (Lipinski definition) is 2. The summed E-state index contributed by atoms with van der Waals surface area (Å²) in [6, 6.07) is 15.2. The van der Waals surface area contributed by atoms with Gasteiger partial charge in [-0.05, 0) is 55.5 Å². The second kappa shape index (κ2) is 6.17. The molecule has 114 valence electrons. The summed E-state index contributed by atoms with van der Waals surface area (Å²) < 4.78 is 0.